The Kier molecular flexibility index (Phi) is 5.03. The lowest BCUT2D eigenvalue weighted by molar-refractivity contribution is -0.159. The van der Waals surface area contributed by atoms with Crippen molar-refractivity contribution in [3.63, 3.8) is 0 Å². The molecule has 9 heteroatoms. The molecular formula is C18H18F3N3O3. The zero-order chi connectivity index (χ0) is 19.8. The summed E-state index contributed by atoms with van der Waals surface area (Å²) in [5.41, 5.74) is 1.12. The Morgan fingerprint density at radius 2 is 1.85 bits per heavy atom. The smallest absolute Gasteiger partial charge is 0.329 e. The Hall–Kier alpha value is -2.71. The monoisotopic (exact) mass is 381 g/mol. The molecule has 0 radical (unpaired) electrons. The van der Waals surface area contributed by atoms with Gasteiger partial charge in [-0.1, -0.05) is 43.3 Å². The third-order valence-electron chi connectivity index (χ3n) is 4.22. The van der Waals surface area contributed by atoms with E-state index < -0.39 is 23.8 Å². The molecule has 0 aliphatic heterocycles. The molecule has 0 N–H and O–H groups in total. The fourth-order valence-corrected chi connectivity index (χ4v) is 2.55. The Morgan fingerprint density at radius 3 is 2.33 bits per heavy atom. The van der Waals surface area contributed by atoms with Crippen LogP contribution in [0.25, 0.3) is 11.4 Å². The van der Waals surface area contributed by atoms with Crippen molar-refractivity contribution in [2.24, 2.45) is 5.92 Å². The molecule has 0 bridgehead atoms. The SMILES string of the molecule is CC(C)C(=O)C(=O)N(Cc1ccc(-c2noc(C(F)(F)F)n2)cc1)C1CC1. The molecule has 0 saturated heterocycles. The van der Waals surface area contributed by atoms with Crippen molar-refractivity contribution in [2.45, 2.75) is 45.5 Å². The number of carbonyl (C=O) groups is 2. The predicted octanol–water partition coefficient (Wildman–Crippen LogP) is 3.47. The Labute approximate surface area is 153 Å². The van der Waals surface area contributed by atoms with Crippen LogP contribution in [0.4, 0.5) is 13.2 Å². The number of halogens is 3. The van der Waals surface area contributed by atoms with Gasteiger partial charge in [-0.2, -0.15) is 18.2 Å². The highest BCUT2D eigenvalue weighted by atomic mass is 19.4. The van der Waals surface area contributed by atoms with Crippen LogP contribution in [0.3, 0.4) is 0 Å². The average Bonchev–Trinajstić information content (AvgIpc) is 3.32. The molecule has 1 aliphatic carbocycles. The van der Waals surface area contributed by atoms with E-state index in [9.17, 15) is 22.8 Å². The quantitative estimate of drug-likeness (QED) is 0.716. The van der Waals surface area contributed by atoms with Crippen molar-refractivity contribution in [3.8, 4) is 11.4 Å². The summed E-state index contributed by atoms with van der Waals surface area (Å²) in [6, 6.07) is 6.51. The van der Waals surface area contributed by atoms with Gasteiger partial charge in [0.25, 0.3) is 5.91 Å². The number of aromatic nitrogens is 2. The van der Waals surface area contributed by atoms with E-state index in [-0.39, 0.29) is 24.3 Å². The van der Waals surface area contributed by atoms with Gasteiger partial charge >= 0.3 is 12.1 Å². The van der Waals surface area contributed by atoms with Crippen LogP contribution in [0.1, 0.15) is 38.1 Å². The van der Waals surface area contributed by atoms with E-state index in [1.165, 1.54) is 0 Å². The molecule has 6 nitrogen and oxygen atoms in total. The molecule has 0 atom stereocenters. The van der Waals surface area contributed by atoms with Crippen LogP contribution in [-0.4, -0.2) is 32.8 Å². The number of ketones is 1. The Bertz CT molecular complexity index is 840. The lowest BCUT2D eigenvalue weighted by Gasteiger charge is -2.22. The second-order valence-corrected chi connectivity index (χ2v) is 6.80. The molecule has 1 fully saturated rings. The standard InChI is InChI=1S/C18H18F3N3O3/c1-10(2)14(25)16(26)24(13-7-8-13)9-11-3-5-12(6-4-11)15-22-17(27-23-15)18(19,20)21/h3-6,10,13H,7-9H2,1-2H3. The van der Waals surface area contributed by atoms with Crippen LogP contribution in [0.15, 0.2) is 28.8 Å². The van der Waals surface area contributed by atoms with E-state index in [4.69, 9.17) is 0 Å². The van der Waals surface area contributed by atoms with Crippen LogP contribution < -0.4 is 0 Å². The maximum absolute atomic E-state index is 12.5. The molecule has 2 aromatic rings. The summed E-state index contributed by atoms with van der Waals surface area (Å²) >= 11 is 0. The van der Waals surface area contributed by atoms with E-state index in [0.29, 0.717) is 5.56 Å². The number of rotatable bonds is 6. The summed E-state index contributed by atoms with van der Waals surface area (Å²) < 4.78 is 41.8. The van der Waals surface area contributed by atoms with Crippen molar-refractivity contribution in [3.05, 3.63) is 35.7 Å². The highest BCUT2D eigenvalue weighted by Gasteiger charge is 2.38. The maximum atomic E-state index is 12.5. The molecule has 3 rings (SSSR count). The Morgan fingerprint density at radius 1 is 1.22 bits per heavy atom. The highest BCUT2D eigenvalue weighted by molar-refractivity contribution is 6.36. The fraction of sp³-hybridized carbons (Fsp3) is 0.444. The van der Waals surface area contributed by atoms with Gasteiger partial charge in [0.1, 0.15) is 0 Å². The van der Waals surface area contributed by atoms with Crippen LogP contribution >= 0.6 is 0 Å². The first-order chi connectivity index (χ1) is 12.7. The average molecular weight is 381 g/mol. The largest absolute Gasteiger partial charge is 0.471 e. The number of amides is 1. The summed E-state index contributed by atoms with van der Waals surface area (Å²) in [6.07, 6.45) is -2.98. The van der Waals surface area contributed by atoms with Crippen LogP contribution in [0, 0.1) is 5.92 Å². The zero-order valence-corrected chi connectivity index (χ0v) is 14.8. The topological polar surface area (TPSA) is 76.3 Å². The van der Waals surface area contributed by atoms with Crippen molar-refractivity contribution in [1.29, 1.82) is 0 Å². The molecular weight excluding hydrogens is 363 g/mol. The number of hydrogen-bond donors (Lipinski definition) is 0. The third kappa shape index (κ3) is 4.35. The minimum atomic E-state index is -4.70. The molecule has 27 heavy (non-hydrogen) atoms. The number of benzene rings is 1. The van der Waals surface area contributed by atoms with E-state index in [1.54, 1.807) is 43.0 Å². The molecule has 1 heterocycles. The van der Waals surface area contributed by atoms with Crippen molar-refractivity contribution in [2.75, 3.05) is 0 Å². The number of alkyl halides is 3. The molecule has 0 spiro atoms. The van der Waals surface area contributed by atoms with E-state index in [0.717, 1.165) is 18.4 Å². The molecule has 1 aromatic carbocycles. The second-order valence-electron chi connectivity index (χ2n) is 6.80. The van der Waals surface area contributed by atoms with Gasteiger partial charge in [-0.25, -0.2) is 0 Å². The third-order valence-corrected chi connectivity index (χ3v) is 4.22. The van der Waals surface area contributed by atoms with E-state index in [1.807, 2.05) is 0 Å². The van der Waals surface area contributed by atoms with Gasteiger partial charge in [-0.3, -0.25) is 9.59 Å². The molecule has 1 aromatic heterocycles. The normalized spacial score (nSPS) is 14.4. The highest BCUT2D eigenvalue weighted by Crippen LogP contribution is 2.31. The van der Waals surface area contributed by atoms with Crippen molar-refractivity contribution in [1.82, 2.24) is 15.0 Å². The van der Waals surface area contributed by atoms with Crippen LogP contribution in [0.2, 0.25) is 0 Å². The molecule has 1 amide bonds. The minimum Gasteiger partial charge on any atom is -0.329 e. The zero-order valence-electron chi connectivity index (χ0n) is 14.8. The number of nitrogens with zero attached hydrogens (tertiary/aromatic N) is 3. The molecule has 1 aliphatic rings. The van der Waals surface area contributed by atoms with E-state index in [2.05, 4.69) is 14.7 Å². The van der Waals surface area contributed by atoms with Crippen LogP contribution in [0.5, 0.6) is 0 Å². The van der Waals surface area contributed by atoms with Gasteiger partial charge < -0.3 is 9.42 Å². The second kappa shape index (κ2) is 7.13. The number of carbonyl (C=O) groups excluding carboxylic acids is 2. The van der Waals surface area contributed by atoms with Crippen molar-refractivity contribution >= 4 is 11.7 Å². The summed E-state index contributed by atoms with van der Waals surface area (Å²) in [5, 5.41) is 3.34. The lowest BCUT2D eigenvalue weighted by atomic mass is 10.1. The van der Waals surface area contributed by atoms with Gasteiger partial charge in [0.05, 0.1) is 0 Å². The first-order valence-corrected chi connectivity index (χ1v) is 8.52. The molecule has 1 saturated carbocycles. The van der Waals surface area contributed by atoms with E-state index >= 15 is 0 Å². The Balaban J connectivity index is 1.74. The lowest BCUT2D eigenvalue weighted by Crippen LogP contribution is -2.39. The summed E-state index contributed by atoms with van der Waals surface area (Å²) in [5.74, 6) is -2.87. The number of hydrogen-bond acceptors (Lipinski definition) is 5. The van der Waals surface area contributed by atoms with Crippen LogP contribution in [-0.2, 0) is 22.3 Å². The molecule has 0 unspecified atom stereocenters. The summed E-state index contributed by atoms with van der Waals surface area (Å²) in [7, 11) is 0. The maximum Gasteiger partial charge on any atom is 0.471 e. The van der Waals surface area contributed by atoms with Gasteiger partial charge in [-0.05, 0) is 18.4 Å². The van der Waals surface area contributed by atoms with Gasteiger partial charge in [0.2, 0.25) is 11.6 Å². The first kappa shape index (κ1) is 19.1. The number of Topliss-reactive ketones (excluding diaryl/α,β-unsaturated/α-hetero) is 1. The predicted molar refractivity (Wildman–Crippen MR) is 88.2 cm³/mol. The fourth-order valence-electron chi connectivity index (χ4n) is 2.55. The van der Waals surface area contributed by atoms with Gasteiger partial charge in [-0.15, -0.1) is 0 Å². The summed E-state index contributed by atoms with van der Waals surface area (Å²) in [4.78, 5) is 29.3. The van der Waals surface area contributed by atoms with Crippen molar-refractivity contribution < 1.29 is 27.3 Å². The minimum absolute atomic E-state index is 0.0615. The first-order valence-electron chi connectivity index (χ1n) is 8.52. The van der Waals surface area contributed by atoms with Gasteiger partial charge in [0, 0.05) is 24.1 Å². The summed E-state index contributed by atoms with van der Waals surface area (Å²) in [6.45, 7) is 3.63. The van der Waals surface area contributed by atoms with Gasteiger partial charge in [0.15, 0.2) is 0 Å². The molecule has 144 valence electrons.